The predicted molar refractivity (Wildman–Crippen MR) is 134 cm³/mol. The lowest BCUT2D eigenvalue weighted by molar-refractivity contribution is -0.118. The third-order valence-electron chi connectivity index (χ3n) is 5.21. The van der Waals surface area contributed by atoms with Crippen LogP contribution in [0.5, 0.6) is 23.0 Å². The normalized spacial score (nSPS) is 11.2. The molecule has 0 unspecified atom stereocenters. The molecule has 0 aliphatic rings. The number of rotatable bonds is 8. The first-order chi connectivity index (χ1) is 16.9. The molecule has 0 spiro atoms. The summed E-state index contributed by atoms with van der Waals surface area (Å²) < 4.78 is 11.5. The van der Waals surface area contributed by atoms with E-state index >= 15 is 0 Å². The number of benzene rings is 3. The Morgan fingerprint density at radius 3 is 2.63 bits per heavy atom. The van der Waals surface area contributed by atoms with Crippen LogP contribution in [0.2, 0.25) is 0 Å². The Kier molecular flexibility index (Phi) is 6.96. The molecule has 4 rings (SSSR count). The fraction of sp³-hybridized carbons (Fsp3) is 0.115. The first-order valence-corrected chi connectivity index (χ1v) is 10.8. The van der Waals surface area contributed by atoms with E-state index in [0.29, 0.717) is 39.9 Å². The minimum atomic E-state index is -0.352. The van der Waals surface area contributed by atoms with Crippen LogP contribution in [0.15, 0.2) is 77.9 Å². The van der Waals surface area contributed by atoms with Gasteiger partial charge in [0.15, 0.2) is 12.4 Å². The van der Waals surface area contributed by atoms with E-state index < -0.39 is 0 Å². The number of phenolic OH excluding ortho intramolecular Hbond substituents is 1. The van der Waals surface area contributed by atoms with Crippen molar-refractivity contribution in [3.05, 3.63) is 84.1 Å². The molecular weight excluding hydrogens is 446 g/mol. The SMILES string of the molecule is C/C(=N\N)c1cccc(NC(=O)COc2ccc(-c3n[nH]c(C)c3Oc3ccccc3)c(O)c2)c1. The fourth-order valence-corrected chi connectivity index (χ4v) is 3.38. The number of nitrogens with two attached hydrogens (primary N) is 1. The molecule has 0 atom stereocenters. The summed E-state index contributed by atoms with van der Waals surface area (Å²) in [5.41, 5.74) is 3.69. The van der Waals surface area contributed by atoms with E-state index in [0.717, 1.165) is 11.3 Å². The smallest absolute Gasteiger partial charge is 0.262 e. The van der Waals surface area contributed by atoms with Gasteiger partial charge < -0.3 is 25.7 Å². The number of nitrogens with zero attached hydrogens (tertiary/aromatic N) is 2. The second-order valence-corrected chi connectivity index (χ2v) is 7.75. The van der Waals surface area contributed by atoms with Gasteiger partial charge in [0.2, 0.25) is 0 Å². The summed E-state index contributed by atoms with van der Waals surface area (Å²) in [6.45, 7) is 3.37. The molecule has 0 aliphatic heterocycles. The maximum absolute atomic E-state index is 12.3. The highest BCUT2D eigenvalue weighted by Gasteiger charge is 2.18. The van der Waals surface area contributed by atoms with Gasteiger partial charge in [0, 0.05) is 17.3 Å². The van der Waals surface area contributed by atoms with Crippen molar-refractivity contribution in [1.82, 2.24) is 10.2 Å². The van der Waals surface area contributed by atoms with Crippen LogP contribution in [-0.2, 0) is 4.79 Å². The number of hydrogen-bond donors (Lipinski definition) is 4. The van der Waals surface area contributed by atoms with Crippen molar-refractivity contribution in [1.29, 1.82) is 0 Å². The standard InChI is InChI=1S/C26H25N5O4/c1-16(29-27)18-7-6-8-19(13-18)28-24(33)15-34-21-11-12-22(23(32)14-21)25-26(17(2)30-31-25)35-20-9-4-3-5-10-20/h3-14,32H,15,27H2,1-2H3,(H,28,33)(H,30,31)/b29-16+. The number of amides is 1. The third kappa shape index (κ3) is 5.59. The Morgan fingerprint density at radius 1 is 1.09 bits per heavy atom. The molecule has 178 valence electrons. The van der Waals surface area contributed by atoms with Crippen LogP contribution in [0.25, 0.3) is 11.3 Å². The van der Waals surface area contributed by atoms with Crippen LogP contribution in [0, 0.1) is 6.92 Å². The number of aromatic hydroxyl groups is 1. The summed E-state index contributed by atoms with van der Waals surface area (Å²) in [5, 5.41) is 24.2. The molecule has 0 radical (unpaired) electrons. The van der Waals surface area contributed by atoms with E-state index in [-0.39, 0.29) is 18.3 Å². The Balaban J connectivity index is 1.43. The lowest BCUT2D eigenvalue weighted by Gasteiger charge is -2.11. The van der Waals surface area contributed by atoms with Crippen LogP contribution in [-0.4, -0.2) is 33.5 Å². The minimum Gasteiger partial charge on any atom is -0.507 e. The number of ether oxygens (including phenoxy) is 2. The average molecular weight is 472 g/mol. The highest BCUT2D eigenvalue weighted by atomic mass is 16.5. The molecule has 1 heterocycles. The van der Waals surface area contributed by atoms with Gasteiger partial charge in [0.05, 0.1) is 11.4 Å². The molecule has 0 saturated carbocycles. The van der Waals surface area contributed by atoms with Gasteiger partial charge in [-0.05, 0) is 55.8 Å². The largest absolute Gasteiger partial charge is 0.507 e. The Hall–Kier alpha value is -4.79. The summed E-state index contributed by atoms with van der Waals surface area (Å²) in [7, 11) is 0. The van der Waals surface area contributed by atoms with E-state index in [9.17, 15) is 9.90 Å². The predicted octanol–water partition coefficient (Wildman–Crippen LogP) is 4.58. The molecule has 5 N–H and O–H groups in total. The number of hydrazone groups is 1. The van der Waals surface area contributed by atoms with Crippen LogP contribution in [0.1, 0.15) is 18.2 Å². The van der Waals surface area contributed by atoms with Gasteiger partial charge in [-0.15, -0.1) is 0 Å². The molecule has 0 aliphatic carbocycles. The number of phenols is 1. The number of nitrogens with one attached hydrogen (secondary N) is 2. The van der Waals surface area contributed by atoms with Crippen LogP contribution < -0.4 is 20.6 Å². The maximum Gasteiger partial charge on any atom is 0.262 e. The average Bonchev–Trinajstić information content (AvgIpc) is 3.22. The quantitative estimate of drug-likeness (QED) is 0.169. The number of aryl methyl sites for hydroxylation is 1. The van der Waals surface area contributed by atoms with Crippen molar-refractivity contribution < 1.29 is 19.4 Å². The summed E-state index contributed by atoms with van der Waals surface area (Å²) in [6, 6.07) is 21.2. The number of aromatic amines is 1. The van der Waals surface area contributed by atoms with E-state index in [1.54, 1.807) is 37.3 Å². The number of carbonyl (C=O) groups is 1. The molecule has 1 amide bonds. The highest BCUT2D eigenvalue weighted by molar-refractivity contribution is 6.00. The second-order valence-electron chi connectivity index (χ2n) is 7.75. The zero-order valence-electron chi connectivity index (χ0n) is 19.3. The van der Waals surface area contributed by atoms with Gasteiger partial charge in [-0.25, -0.2) is 0 Å². The first-order valence-electron chi connectivity index (χ1n) is 10.8. The molecule has 0 bridgehead atoms. The summed E-state index contributed by atoms with van der Waals surface area (Å²) in [4.78, 5) is 12.3. The molecule has 0 fully saturated rings. The molecular formula is C26H25N5O4. The zero-order valence-corrected chi connectivity index (χ0v) is 19.3. The highest BCUT2D eigenvalue weighted by Crippen LogP contribution is 2.39. The van der Waals surface area contributed by atoms with E-state index in [1.165, 1.54) is 6.07 Å². The van der Waals surface area contributed by atoms with Gasteiger partial charge in [-0.3, -0.25) is 9.89 Å². The molecule has 1 aromatic heterocycles. The number of hydrogen-bond acceptors (Lipinski definition) is 7. The van der Waals surface area contributed by atoms with Gasteiger partial charge in [-0.1, -0.05) is 30.3 Å². The number of carbonyl (C=O) groups excluding carboxylic acids is 1. The summed E-state index contributed by atoms with van der Waals surface area (Å²) in [5.74, 6) is 6.40. The maximum atomic E-state index is 12.3. The molecule has 35 heavy (non-hydrogen) atoms. The van der Waals surface area contributed by atoms with Crippen molar-refractivity contribution in [2.24, 2.45) is 10.9 Å². The Bertz CT molecular complexity index is 1370. The Morgan fingerprint density at radius 2 is 1.89 bits per heavy atom. The van der Waals surface area contributed by atoms with Crippen molar-refractivity contribution >= 4 is 17.3 Å². The monoisotopic (exact) mass is 471 g/mol. The van der Waals surface area contributed by atoms with Gasteiger partial charge in [-0.2, -0.15) is 10.2 Å². The lowest BCUT2D eigenvalue weighted by Crippen LogP contribution is -2.20. The van der Waals surface area contributed by atoms with Crippen molar-refractivity contribution in [2.75, 3.05) is 11.9 Å². The summed E-state index contributed by atoms with van der Waals surface area (Å²) >= 11 is 0. The summed E-state index contributed by atoms with van der Waals surface area (Å²) in [6.07, 6.45) is 0. The number of anilines is 1. The van der Waals surface area contributed by atoms with E-state index in [1.807, 2.05) is 43.3 Å². The van der Waals surface area contributed by atoms with Crippen LogP contribution in [0.3, 0.4) is 0 Å². The number of para-hydroxylation sites is 1. The van der Waals surface area contributed by atoms with Gasteiger partial charge in [0.1, 0.15) is 22.9 Å². The number of H-pyrrole nitrogens is 1. The van der Waals surface area contributed by atoms with Crippen molar-refractivity contribution in [3.63, 3.8) is 0 Å². The van der Waals surface area contributed by atoms with E-state index in [4.69, 9.17) is 15.3 Å². The molecule has 9 heteroatoms. The van der Waals surface area contributed by atoms with Crippen LogP contribution in [0.4, 0.5) is 5.69 Å². The first kappa shape index (κ1) is 23.4. The molecule has 4 aromatic rings. The second kappa shape index (κ2) is 10.4. The zero-order chi connectivity index (χ0) is 24.8. The van der Waals surface area contributed by atoms with Crippen molar-refractivity contribution in [2.45, 2.75) is 13.8 Å². The van der Waals surface area contributed by atoms with E-state index in [2.05, 4.69) is 20.6 Å². The van der Waals surface area contributed by atoms with Gasteiger partial charge in [0.25, 0.3) is 5.91 Å². The number of aromatic nitrogens is 2. The van der Waals surface area contributed by atoms with Crippen molar-refractivity contribution in [3.8, 4) is 34.3 Å². The topological polar surface area (TPSA) is 135 Å². The molecule has 3 aromatic carbocycles. The molecule has 0 saturated heterocycles. The molecule has 9 nitrogen and oxygen atoms in total. The third-order valence-corrected chi connectivity index (χ3v) is 5.21. The fourth-order valence-electron chi connectivity index (χ4n) is 3.38. The Labute approximate surface area is 202 Å². The van der Waals surface area contributed by atoms with Gasteiger partial charge >= 0.3 is 0 Å². The van der Waals surface area contributed by atoms with Crippen LogP contribution >= 0.6 is 0 Å². The minimum absolute atomic E-state index is 0.0587. The lowest BCUT2D eigenvalue weighted by atomic mass is 10.1.